The lowest BCUT2D eigenvalue weighted by molar-refractivity contribution is 1.33. The molecule has 0 fully saturated rings. The van der Waals surface area contributed by atoms with E-state index in [1.807, 2.05) is 19.1 Å². The number of benzene rings is 1. The third-order valence-electron chi connectivity index (χ3n) is 2.19. The predicted octanol–water partition coefficient (Wildman–Crippen LogP) is 3.18. The first kappa shape index (κ1) is 9.17. The van der Waals surface area contributed by atoms with E-state index in [2.05, 4.69) is 27.0 Å². The molecule has 0 bridgehead atoms. The van der Waals surface area contributed by atoms with E-state index >= 15 is 0 Å². The third kappa shape index (κ3) is 1.28. The van der Waals surface area contributed by atoms with Crippen LogP contribution in [0.15, 0.2) is 29.0 Å². The van der Waals surface area contributed by atoms with Crippen molar-refractivity contribution in [3.63, 3.8) is 0 Å². The van der Waals surface area contributed by atoms with Gasteiger partial charge >= 0.3 is 0 Å². The maximum atomic E-state index is 8.89. The molecule has 0 radical (unpaired) electrons. The number of fused-ring (bicyclic) bond motifs is 1. The molecule has 1 heterocycles. The van der Waals surface area contributed by atoms with Crippen molar-refractivity contribution >= 4 is 26.7 Å². The molecule has 1 aromatic carbocycles. The van der Waals surface area contributed by atoms with E-state index in [1.165, 1.54) is 0 Å². The largest absolute Gasteiger partial charge is 0.263 e. The summed E-state index contributed by atoms with van der Waals surface area (Å²) >= 11 is 3.49. The number of aryl methyl sites for hydroxylation is 1. The van der Waals surface area contributed by atoms with Crippen LogP contribution in [0, 0.1) is 18.3 Å². The molecule has 68 valence electrons. The van der Waals surface area contributed by atoms with Gasteiger partial charge in [-0.05, 0) is 28.4 Å². The highest BCUT2D eigenvalue weighted by molar-refractivity contribution is 9.10. The number of rotatable bonds is 0. The Balaban J connectivity index is 2.95. The van der Waals surface area contributed by atoms with Gasteiger partial charge in [0, 0.05) is 27.6 Å². The van der Waals surface area contributed by atoms with Gasteiger partial charge in [-0.2, -0.15) is 5.26 Å². The van der Waals surface area contributed by atoms with Crippen LogP contribution in [-0.2, 0) is 0 Å². The molecule has 0 atom stereocenters. The van der Waals surface area contributed by atoms with Gasteiger partial charge in [0.25, 0.3) is 0 Å². The first-order chi connectivity index (χ1) is 6.74. The summed E-state index contributed by atoms with van der Waals surface area (Å²) in [7, 11) is 0. The zero-order valence-electron chi connectivity index (χ0n) is 7.58. The van der Waals surface area contributed by atoms with Crippen molar-refractivity contribution in [2.75, 3.05) is 0 Å². The molecule has 3 heteroatoms. The highest BCUT2D eigenvalue weighted by atomic mass is 79.9. The minimum absolute atomic E-state index is 0.614. The third-order valence-corrected chi connectivity index (χ3v) is 3.24. The van der Waals surface area contributed by atoms with Gasteiger partial charge in [-0.25, -0.2) is 0 Å². The maximum absolute atomic E-state index is 8.89. The van der Waals surface area contributed by atoms with E-state index < -0.39 is 0 Å². The fourth-order valence-electron chi connectivity index (χ4n) is 1.41. The van der Waals surface area contributed by atoms with Gasteiger partial charge in [0.05, 0.1) is 5.56 Å². The second kappa shape index (κ2) is 3.39. The van der Waals surface area contributed by atoms with Crippen LogP contribution in [0.1, 0.15) is 11.1 Å². The lowest BCUT2D eigenvalue weighted by Gasteiger charge is -2.04. The standard InChI is InChI=1S/C11H7BrN2/c1-7-2-3-9-8(4-13)5-14-6-10(9)11(7)12/h2-3,5-6H,1H3. The summed E-state index contributed by atoms with van der Waals surface area (Å²) < 4.78 is 1.01. The Bertz CT molecular complexity index is 541. The quantitative estimate of drug-likeness (QED) is 0.716. The lowest BCUT2D eigenvalue weighted by atomic mass is 10.1. The van der Waals surface area contributed by atoms with Crippen LogP contribution in [0.3, 0.4) is 0 Å². The van der Waals surface area contributed by atoms with Crippen molar-refractivity contribution in [1.29, 1.82) is 5.26 Å². The molecule has 1 aromatic heterocycles. The van der Waals surface area contributed by atoms with Gasteiger partial charge in [-0.15, -0.1) is 0 Å². The number of hydrogen-bond donors (Lipinski definition) is 0. The average Bonchev–Trinajstić information content (AvgIpc) is 2.23. The highest BCUT2D eigenvalue weighted by Crippen LogP contribution is 2.28. The average molecular weight is 247 g/mol. The van der Waals surface area contributed by atoms with Crippen molar-refractivity contribution in [1.82, 2.24) is 4.98 Å². The van der Waals surface area contributed by atoms with Crippen molar-refractivity contribution in [2.24, 2.45) is 0 Å². The number of hydrogen-bond acceptors (Lipinski definition) is 2. The van der Waals surface area contributed by atoms with E-state index in [-0.39, 0.29) is 0 Å². The number of nitriles is 1. The smallest absolute Gasteiger partial charge is 0.101 e. The topological polar surface area (TPSA) is 36.7 Å². The number of nitrogens with zero attached hydrogens (tertiary/aromatic N) is 2. The Labute approximate surface area is 90.3 Å². The maximum Gasteiger partial charge on any atom is 0.101 e. The summed E-state index contributed by atoms with van der Waals surface area (Å²) in [5.41, 5.74) is 1.76. The van der Waals surface area contributed by atoms with E-state index in [4.69, 9.17) is 5.26 Å². The summed E-state index contributed by atoms with van der Waals surface area (Å²) in [5.74, 6) is 0. The van der Waals surface area contributed by atoms with E-state index in [9.17, 15) is 0 Å². The molecular weight excluding hydrogens is 240 g/mol. The Hall–Kier alpha value is -1.40. The predicted molar refractivity (Wildman–Crippen MR) is 58.9 cm³/mol. The van der Waals surface area contributed by atoms with Crippen molar-refractivity contribution < 1.29 is 0 Å². The van der Waals surface area contributed by atoms with E-state index in [0.29, 0.717) is 5.56 Å². The highest BCUT2D eigenvalue weighted by Gasteiger charge is 2.05. The Kier molecular flexibility index (Phi) is 2.22. The van der Waals surface area contributed by atoms with Crippen LogP contribution >= 0.6 is 15.9 Å². The minimum Gasteiger partial charge on any atom is -0.263 e. The van der Waals surface area contributed by atoms with Crippen molar-refractivity contribution in [3.8, 4) is 6.07 Å². The molecule has 0 saturated carbocycles. The first-order valence-electron chi connectivity index (χ1n) is 4.17. The van der Waals surface area contributed by atoms with Gasteiger partial charge in [-0.3, -0.25) is 4.98 Å². The Morgan fingerprint density at radius 3 is 2.79 bits per heavy atom. The van der Waals surface area contributed by atoms with E-state index in [1.54, 1.807) is 12.4 Å². The second-order valence-electron chi connectivity index (χ2n) is 3.09. The number of halogens is 1. The van der Waals surface area contributed by atoms with Crippen LogP contribution in [-0.4, -0.2) is 4.98 Å². The molecule has 0 aliphatic carbocycles. The van der Waals surface area contributed by atoms with Gasteiger partial charge in [0.15, 0.2) is 0 Å². The summed E-state index contributed by atoms with van der Waals surface area (Å²) in [6.45, 7) is 2.02. The fraction of sp³-hybridized carbons (Fsp3) is 0.0909. The van der Waals surface area contributed by atoms with Gasteiger partial charge in [0.1, 0.15) is 6.07 Å². The van der Waals surface area contributed by atoms with Crippen LogP contribution in [0.2, 0.25) is 0 Å². The fourth-order valence-corrected chi connectivity index (χ4v) is 1.86. The Morgan fingerprint density at radius 2 is 2.07 bits per heavy atom. The molecule has 0 aliphatic heterocycles. The minimum atomic E-state index is 0.614. The molecule has 0 N–H and O–H groups in total. The van der Waals surface area contributed by atoms with Crippen LogP contribution < -0.4 is 0 Å². The van der Waals surface area contributed by atoms with Crippen molar-refractivity contribution in [2.45, 2.75) is 6.92 Å². The molecule has 2 aromatic rings. The summed E-state index contributed by atoms with van der Waals surface area (Å²) in [6, 6.07) is 6.08. The SMILES string of the molecule is Cc1ccc2c(C#N)cncc2c1Br. The molecular formula is C11H7BrN2. The van der Waals surface area contributed by atoms with Crippen LogP contribution in [0.4, 0.5) is 0 Å². The lowest BCUT2D eigenvalue weighted by Crippen LogP contribution is -1.85. The summed E-state index contributed by atoms with van der Waals surface area (Å²) in [5, 5.41) is 10.8. The summed E-state index contributed by atoms with van der Waals surface area (Å²) in [4.78, 5) is 4.03. The zero-order valence-corrected chi connectivity index (χ0v) is 9.17. The molecule has 0 unspecified atom stereocenters. The first-order valence-corrected chi connectivity index (χ1v) is 4.96. The molecule has 2 rings (SSSR count). The molecule has 0 spiro atoms. The molecule has 0 saturated heterocycles. The molecule has 2 nitrogen and oxygen atoms in total. The van der Waals surface area contributed by atoms with Crippen LogP contribution in [0.5, 0.6) is 0 Å². The van der Waals surface area contributed by atoms with Gasteiger partial charge < -0.3 is 0 Å². The van der Waals surface area contributed by atoms with Gasteiger partial charge in [0.2, 0.25) is 0 Å². The van der Waals surface area contributed by atoms with Crippen LogP contribution in [0.25, 0.3) is 10.8 Å². The zero-order chi connectivity index (χ0) is 10.1. The number of pyridine rings is 1. The van der Waals surface area contributed by atoms with Gasteiger partial charge in [-0.1, -0.05) is 12.1 Å². The summed E-state index contributed by atoms with van der Waals surface area (Å²) in [6.07, 6.45) is 3.36. The molecule has 14 heavy (non-hydrogen) atoms. The van der Waals surface area contributed by atoms with E-state index in [0.717, 1.165) is 20.8 Å². The van der Waals surface area contributed by atoms with Crippen molar-refractivity contribution in [3.05, 3.63) is 40.1 Å². The number of aromatic nitrogens is 1. The molecule has 0 aliphatic rings. The monoisotopic (exact) mass is 246 g/mol. The molecule has 0 amide bonds. The second-order valence-corrected chi connectivity index (χ2v) is 3.88. The normalized spacial score (nSPS) is 10.1. The Morgan fingerprint density at radius 1 is 1.29 bits per heavy atom.